The van der Waals surface area contributed by atoms with Crippen molar-refractivity contribution < 1.29 is 9.47 Å². The molecular formula is C23H29BrN6O2. The van der Waals surface area contributed by atoms with Crippen LogP contribution < -0.4 is 22.0 Å². The fourth-order valence-corrected chi connectivity index (χ4v) is 4.72. The van der Waals surface area contributed by atoms with Crippen LogP contribution >= 0.6 is 15.9 Å². The van der Waals surface area contributed by atoms with Gasteiger partial charge in [0.15, 0.2) is 5.79 Å². The van der Waals surface area contributed by atoms with Gasteiger partial charge in [0.25, 0.3) is 0 Å². The second-order valence-corrected chi connectivity index (χ2v) is 9.25. The monoisotopic (exact) mass is 500 g/mol. The first-order valence-corrected chi connectivity index (χ1v) is 11.5. The van der Waals surface area contributed by atoms with Crippen LogP contribution in [0.25, 0.3) is 23.2 Å². The minimum atomic E-state index is -0.687. The second kappa shape index (κ2) is 8.80. The van der Waals surface area contributed by atoms with Crippen LogP contribution in [0.2, 0.25) is 0 Å². The van der Waals surface area contributed by atoms with Crippen LogP contribution in [0, 0.1) is 0 Å². The number of rotatable bonds is 5. The molecule has 4 rings (SSSR count). The smallest absolute Gasteiger partial charge is 0.163 e. The third kappa shape index (κ3) is 4.24. The molecule has 3 aromatic rings. The van der Waals surface area contributed by atoms with Crippen molar-refractivity contribution in [1.29, 1.82) is 0 Å². The molecule has 0 aromatic carbocycles. The van der Waals surface area contributed by atoms with Gasteiger partial charge in [-0.05, 0) is 66.9 Å². The molecule has 3 aromatic heterocycles. The first-order valence-electron chi connectivity index (χ1n) is 10.7. The van der Waals surface area contributed by atoms with Crippen molar-refractivity contribution >= 4 is 50.8 Å². The van der Waals surface area contributed by atoms with Crippen LogP contribution in [-0.2, 0) is 9.47 Å². The topological polar surface area (TPSA) is 114 Å². The van der Waals surface area contributed by atoms with E-state index in [1.54, 1.807) is 0 Å². The molecule has 1 aliphatic heterocycles. The Hall–Kier alpha value is -2.49. The molecule has 1 fully saturated rings. The number of anilines is 2. The fraction of sp³-hybridized carbons (Fsp3) is 0.435. The summed E-state index contributed by atoms with van der Waals surface area (Å²) in [5, 5.41) is 2.69. The predicted octanol–water partition coefficient (Wildman–Crippen LogP) is 2.90. The number of nitrogens with two attached hydrogens (primary N) is 2. The van der Waals surface area contributed by atoms with Gasteiger partial charge in [0.2, 0.25) is 0 Å². The average molecular weight is 501 g/mol. The molecule has 0 bridgehead atoms. The van der Waals surface area contributed by atoms with Crippen LogP contribution in [0.4, 0.5) is 11.6 Å². The van der Waals surface area contributed by atoms with Gasteiger partial charge in [-0.25, -0.2) is 15.0 Å². The molecule has 0 spiro atoms. The van der Waals surface area contributed by atoms with E-state index in [0.717, 1.165) is 32.5 Å². The zero-order chi connectivity index (χ0) is 23.0. The highest BCUT2D eigenvalue weighted by atomic mass is 79.9. The summed E-state index contributed by atoms with van der Waals surface area (Å²) in [6, 6.07) is 3.97. The van der Waals surface area contributed by atoms with Gasteiger partial charge in [-0.1, -0.05) is 19.1 Å². The molecular weight excluding hydrogens is 472 g/mol. The number of hydrogen-bond donors (Lipinski definition) is 2. The van der Waals surface area contributed by atoms with Gasteiger partial charge in [-0.2, -0.15) is 0 Å². The highest BCUT2D eigenvalue weighted by molar-refractivity contribution is 9.10. The first-order chi connectivity index (χ1) is 15.2. The number of aromatic nitrogens is 4. The van der Waals surface area contributed by atoms with Gasteiger partial charge in [-0.15, -0.1) is 0 Å². The van der Waals surface area contributed by atoms with Crippen molar-refractivity contribution in [2.24, 2.45) is 0 Å². The summed E-state index contributed by atoms with van der Waals surface area (Å²) in [7, 11) is 0. The molecule has 32 heavy (non-hydrogen) atoms. The maximum Gasteiger partial charge on any atom is 0.163 e. The van der Waals surface area contributed by atoms with Crippen LogP contribution in [0.1, 0.15) is 46.6 Å². The van der Waals surface area contributed by atoms with E-state index in [4.69, 9.17) is 20.9 Å². The molecule has 4 N–H and O–H groups in total. The SMILES string of the molecule is C/C=c1/nc(N)c(Br)c/c1=C/CC1OC(C)(C)O[C@H]1[C@@H](CC)n1ccc2c(N)ncnc21. The van der Waals surface area contributed by atoms with Crippen LogP contribution in [0.5, 0.6) is 0 Å². The molecule has 1 saturated heterocycles. The van der Waals surface area contributed by atoms with Gasteiger partial charge in [0, 0.05) is 6.20 Å². The van der Waals surface area contributed by atoms with Crippen molar-refractivity contribution in [1.82, 2.24) is 19.5 Å². The third-order valence-electron chi connectivity index (χ3n) is 5.82. The molecule has 0 radical (unpaired) electrons. The summed E-state index contributed by atoms with van der Waals surface area (Å²) in [4.78, 5) is 13.0. The molecule has 0 aliphatic carbocycles. The second-order valence-electron chi connectivity index (χ2n) is 8.39. The standard InChI is InChI=1S/C23H29BrN6O2/c1-5-16-13(11-15(24)21(26)29-16)7-8-18-19(32-23(3,4)31-18)17(6-2)30-10-9-14-20(25)27-12-28-22(14)30/h5,7,9-12,17-19H,6,8H2,1-4H3,(H2,26,29)(H2,25,27,28)/b13-7-,16-5+/t17-,18?,19+/m1/s1. The number of fused-ring (bicyclic) bond motifs is 1. The van der Waals surface area contributed by atoms with E-state index in [1.165, 1.54) is 6.33 Å². The Morgan fingerprint density at radius 3 is 2.75 bits per heavy atom. The molecule has 0 amide bonds. The van der Waals surface area contributed by atoms with Crippen molar-refractivity contribution in [2.75, 3.05) is 11.5 Å². The lowest BCUT2D eigenvalue weighted by atomic mass is 10.00. The van der Waals surface area contributed by atoms with Crippen molar-refractivity contribution in [2.45, 2.75) is 64.6 Å². The Morgan fingerprint density at radius 2 is 2.03 bits per heavy atom. The number of nitrogen functional groups attached to an aromatic ring is 2. The molecule has 0 saturated carbocycles. The summed E-state index contributed by atoms with van der Waals surface area (Å²) in [6.07, 6.45) is 8.78. The van der Waals surface area contributed by atoms with Crippen molar-refractivity contribution in [3.05, 3.63) is 39.7 Å². The third-order valence-corrected chi connectivity index (χ3v) is 6.46. The minimum Gasteiger partial charge on any atom is -0.383 e. The first kappa shape index (κ1) is 22.7. The summed E-state index contributed by atoms with van der Waals surface area (Å²) in [5.41, 5.74) is 12.8. The summed E-state index contributed by atoms with van der Waals surface area (Å²) < 4.78 is 15.7. The Balaban J connectivity index is 1.71. The van der Waals surface area contributed by atoms with Crippen molar-refractivity contribution in [3.8, 4) is 0 Å². The van der Waals surface area contributed by atoms with E-state index in [2.05, 4.69) is 48.4 Å². The minimum absolute atomic E-state index is 0.0236. The number of ether oxygens (including phenoxy) is 2. The summed E-state index contributed by atoms with van der Waals surface area (Å²) >= 11 is 3.48. The highest BCUT2D eigenvalue weighted by Crippen LogP contribution is 2.38. The highest BCUT2D eigenvalue weighted by Gasteiger charge is 2.44. The molecule has 170 valence electrons. The molecule has 4 heterocycles. The van der Waals surface area contributed by atoms with E-state index in [0.29, 0.717) is 18.1 Å². The summed E-state index contributed by atoms with van der Waals surface area (Å²) in [5.74, 6) is 0.261. The lowest BCUT2D eigenvalue weighted by Crippen LogP contribution is -2.34. The number of hydrogen-bond acceptors (Lipinski definition) is 7. The van der Waals surface area contributed by atoms with Gasteiger partial charge in [0.05, 0.1) is 27.4 Å². The zero-order valence-corrected chi connectivity index (χ0v) is 20.3. The normalized spacial score (nSPS) is 22.7. The maximum absolute atomic E-state index is 6.41. The lowest BCUT2D eigenvalue weighted by molar-refractivity contribution is -0.149. The Labute approximate surface area is 195 Å². The molecule has 8 nitrogen and oxygen atoms in total. The molecule has 9 heteroatoms. The number of nitrogens with zero attached hydrogens (tertiary/aromatic N) is 4. The van der Waals surface area contributed by atoms with E-state index >= 15 is 0 Å². The fourth-order valence-electron chi connectivity index (χ4n) is 4.39. The molecule has 3 atom stereocenters. The van der Waals surface area contributed by atoms with Gasteiger partial charge in [-0.3, -0.25) is 0 Å². The van der Waals surface area contributed by atoms with Crippen molar-refractivity contribution in [3.63, 3.8) is 0 Å². The van der Waals surface area contributed by atoms with Crippen LogP contribution in [-0.4, -0.2) is 37.5 Å². The summed E-state index contributed by atoms with van der Waals surface area (Å²) in [6.45, 7) is 7.99. The Bertz CT molecular complexity index is 1260. The van der Waals surface area contributed by atoms with E-state index in [9.17, 15) is 0 Å². The van der Waals surface area contributed by atoms with Gasteiger partial charge >= 0.3 is 0 Å². The quantitative estimate of drug-likeness (QED) is 0.553. The zero-order valence-electron chi connectivity index (χ0n) is 18.7. The van der Waals surface area contributed by atoms with E-state index in [1.807, 2.05) is 45.2 Å². The maximum atomic E-state index is 6.41. The van der Waals surface area contributed by atoms with E-state index in [-0.39, 0.29) is 18.2 Å². The number of halogens is 1. The van der Waals surface area contributed by atoms with Crippen LogP contribution in [0.15, 0.2) is 29.1 Å². The average Bonchev–Trinajstić information content (AvgIpc) is 3.31. The largest absolute Gasteiger partial charge is 0.383 e. The Morgan fingerprint density at radius 1 is 1.25 bits per heavy atom. The lowest BCUT2D eigenvalue weighted by Gasteiger charge is -2.27. The van der Waals surface area contributed by atoms with Crippen LogP contribution in [0.3, 0.4) is 0 Å². The van der Waals surface area contributed by atoms with E-state index < -0.39 is 5.79 Å². The molecule has 1 unspecified atom stereocenters. The van der Waals surface area contributed by atoms with Gasteiger partial charge in [0.1, 0.15) is 29.7 Å². The predicted molar refractivity (Wildman–Crippen MR) is 130 cm³/mol. The Kier molecular flexibility index (Phi) is 6.24. The number of pyridine rings is 1. The molecule has 1 aliphatic rings. The van der Waals surface area contributed by atoms with Gasteiger partial charge < -0.3 is 25.5 Å².